The normalized spacial score (nSPS) is 14.2. The second-order valence-corrected chi connectivity index (χ2v) is 6.13. The summed E-state index contributed by atoms with van der Waals surface area (Å²) in [5.41, 5.74) is 1.07. The Morgan fingerprint density at radius 2 is 1.83 bits per heavy atom. The van der Waals surface area contributed by atoms with Crippen LogP contribution in [0.15, 0.2) is 36.4 Å². The standard InChI is InChI=1S/C19H26N4/c1-2-3-7-12-20-17-15-18(23-13-8-9-14-23)22-19(21-17)16-10-5-4-6-11-16/h4-6,10-11,15H,2-3,7-9,12-14H2,1H3,(H,20,21,22). The molecule has 2 aromatic rings. The lowest BCUT2D eigenvalue weighted by Crippen LogP contribution is -2.20. The van der Waals surface area contributed by atoms with Gasteiger partial charge in [-0.25, -0.2) is 9.97 Å². The largest absolute Gasteiger partial charge is 0.370 e. The van der Waals surface area contributed by atoms with E-state index in [4.69, 9.17) is 9.97 Å². The second-order valence-electron chi connectivity index (χ2n) is 6.13. The highest BCUT2D eigenvalue weighted by Crippen LogP contribution is 2.24. The minimum atomic E-state index is 0.813. The van der Waals surface area contributed by atoms with Gasteiger partial charge in [-0.1, -0.05) is 50.1 Å². The number of nitrogens with zero attached hydrogens (tertiary/aromatic N) is 3. The van der Waals surface area contributed by atoms with Gasteiger partial charge >= 0.3 is 0 Å². The molecule has 23 heavy (non-hydrogen) atoms. The fourth-order valence-corrected chi connectivity index (χ4v) is 2.94. The number of hydrogen-bond acceptors (Lipinski definition) is 4. The molecule has 3 rings (SSSR count). The Balaban J connectivity index is 1.84. The van der Waals surface area contributed by atoms with Crippen molar-refractivity contribution in [2.45, 2.75) is 39.0 Å². The molecule has 1 aliphatic rings. The maximum atomic E-state index is 4.80. The zero-order chi connectivity index (χ0) is 15.9. The summed E-state index contributed by atoms with van der Waals surface area (Å²) in [6.45, 7) is 5.39. The molecule has 122 valence electrons. The van der Waals surface area contributed by atoms with Gasteiger partial charge in [0.2, 0.25) is 0 Å². The first kappa shape index (κ1) is 15.8. The van der Waals surface area contributed by atoms with Crippen molar-refractivity contribution in [1.82, 2.24) is 9.97 Å². The van der Waals surface area contributed by atoms with Crippen molar-refractivity contribution in [3.05, 3.63) is 36.4 Å². The van der Waals surface area contributed by atoms with Gasteiger partial charge in [-0.05, 0) is 19.3 Å². The molecule has 0 spiro atoms. The zero-order valence-corrected chi connectivity index (χ0v) is 14.0. The molecule has 2 heterocycles. The van der Waals surface area contributed by atoms with Gasteiger partial charge in [0, 0.05) is 31.3 Å². The van der Waals surface area contributed by atoms with Crippen LogP contribution >= 0.6 is 0 Å². The third-order valence-electron chi connectivity index (χ3n) is 4.26. The van der Waals surface area contributed by atoms with Crippen molar-refractivity contribution in [3.63, 3.8) is 0 Å². The fraction of sp³-hybridized carbons (Fsp3) is 0.474. The molecule has 1 saturated heterocycles. The Kier molecular flexibility index (Phi) is 5.46. The molecule has 1 aliphatic heterocycles. The lowest BCUT2D eigenvalue weighted by atomic mass is 10.2. The summed E-state index contributed by atoms with van der Waals surface area (Å²) in [6, 6.07) is 12.3. The van der Waals surface area contributed by atoms with Crippen LogP contribution in [0.1, 0.15) is 39.0 Å². The SMILES string of the molecule is CCCCCNc1cc(N2CCCC2)nc(-c2ccccc2)n1. The van der Waals surface area contributed by atoms with Crippen molar-refractivity contribution in [1.29, 1.82) is 0 Å². The number of unbranched alkanes of at least 4 members (excludes halogenated alkanes) is 2. The summed E-state index contributed by atoms with van der Waals surface area (Å²) in [7, 11) is 0. The molecule has 1 aromatic heterocycles. The lowest BCUT2D eigenvalue weighted by Gasteiger charge is -2.18. The van der Waals surface area contributed by atoms with Crippen molar-refractivity contribution >= 4 is 11.6 Å². The molecule has 4 nitrogen and oxygen atoms in total. The molecule has 4 heteroatoms. The van der Waals surface area contributed by atoms with Crippen molar-refractivity contribution < 1.29 is 0 Å². The predicted molar refractivity (Wildman–Crippen MR) is 96.9 cm³/mol. The van der Waals surface area contributed by atoms with Gasteiger partial charge in [0.15, 0.2) is 5.82 Å². The third kappa shape index (κ3) is 4.21. The third-order valence-corrected chi connectivity index (χ3v) is 4.26. The predicted octanol–water partition coefficient (Wildman–Crippen LogP) is 4.35. The average Bonchev–Trinajstić information content (AvgIpc) is 3.14. The van der Waals surface area contributed by atoms with E-state index >= 15 is 0 Å². The molecule has 1 fully saturated rings. The molecular formula is C19H26N4. The van der Waals surface area contributed by atoms with Crippen LogP contribution in [0.25, 0.3) is 11.4 Å². The van der Waals surface area contributed by atoms with E-state index in [1.807, 2.05) is 18.2 Å². The molecular weight excluding hydrogens is 284 g/mol. The van der Waals surface area contributed by atoms with E-state index in [0.29, 0.717) is 0 Å². The topological polar surface area (TPSA) is 41.0 Å². The first-order chi connectivity index (χ1) is 11.4. The van der Waals surface area contributed by atoms with E-state index in [9.17, 15) is 0 Å². The highest BCUT2D eigenvalue weighted by atomic mass is 15.2. The summed E-state index contributed by atoms with van der Waals surface area (Å²) >= 11 is 0. The number of anilines is 2. The molecule has 1 N–H and O–H groups in total. The molecule has 0 atom stereocenters. The van der Waals surface area contributed by atoms with Crippen molar-refractivity contribution in [2.24, 2.45) is 0 Å². The fourth-order valence-electron chi connectivity index (χ4n) is 2.94. The molecule has 1 aromatic carbocycles. The molecule has 0 bridgehead atoms. The molecule has 0 amide bonds. The van der Waals surface area contributed by atoms with Gasteiger partial charge in [-0.3, -0.25) is 0 Å². The first-order valence-corrected chi connectivity index (χ1v) is 8.80. The summed E-state index contributed by atoms with van der Waals surface area (Å²) in [5, 5.41) is 3.48. The maximum absolute atomic E-state index is 4.80. The Morgan fingerprint density at radius 3 is 2.57 bits per heavy atom. The zero-order valence-electron chi connectivity index (χ0n) is 14.0. The highest BCUT2D eigenvalue weighted by molar-refractivity contribution is 5.61. The molecule has 0 radical (unpaired) electrons. The van der Waals surface area contributed by atoms with Crippen LogP contribution in [0.2, 0.25) is 0 Å². The van der Waals surface area contributed by atoms with E-state index in [1.165, 1.54) is 32.1 Å². The van der Waals surface area contributed by atoms with Gasteiger partial charge in [0.1, 0.15) is 11.6 Å². The van der Waals surface area contributed by atoms with Crippen LogP contribution in [0.5, 0.6) is 0 Å². The Hall–Kier alpha value is -2.10. The Morgan fingerprint density at radius 1 is 1.04 bits per heavy atom. The van der Waals surface area contributed by atoms with Gasteiger partial charge in [0.25, 0.3) is 0 Å². The molecule has 0 saturated carbocycles. The minimum Gasteiger partial charge on any atom is -0.370 e. The van der Waals surface area contributed by atoms with Crippen LogP contribution in [0.4, 0.5) is 11.6 Å². The van der Waals surface area contributed by atoms with Gasteiger partial charge in [-0.2, -0.15) is 0 Å². The maximum Gasteiger partial charge on any atom is 0.163 e. The minimum absolute atomic E-state index is 0.813. The monoisotopic (exact) mass is 310 g/mol. The van der Waals surface area contributed by atoms with Crippen LogP contribution < -0.4 is 10.2 Å². The first-order valence-electron chi connectivity index (χ1n) is 8.80. The number of benzene rings is 1. The lowest BCUT2D eigenvalue weighted by molar-refractivity contribution is 0.742. The Labute approximate surface area is 139 Å². The summed E-state index contributed by atoms with van der Waals surface area (Å²) in [5.74, 6) is 2.80. The van der Waals surface area contributed by atoms with Gasteiger partial charge in [0.05, 0.1) is 0 Å². The number of rotatable bonds is 7. The number of aromatic nitrogens is 2. The average molecular weight is 310 g/mol. The highest BCUT2D eigenvalue weighted by Gasteiger charge is 2.16. The van der Waals surface area contributed by atoms with Crippen molar-refractivity contribution in [2.75, 3.05) is 29.9 Å². The van der Waals surface area contributed by atoms with E-state index in [0.717, 1.165) is 42.7 Å². The second kappa shape index (κ2) is 7.95. The van der Waals surface area contributed by atoms with Crippen LogP contribution in [-0.4, -0.2) is 29.6 Å². The molecule has 0 aliphatic carbocycles. The summed E-state index contributed by atoms with van der Waals surface area (Å²) in [6.07, 6.45) is 6.18. The Bertz CT molecular complexity index is 606. The van der Waals surface area contributed by atoms with Crippen LogP contribution in [0.3, 0.4) is 0 Å². The van der Waals surface area contributed by atoms with Crippen LogP contribution in [0, 0.1) is 0 Å². The quantitative estimate of drug-likeness (QED) is 0.772. The van der Waals surface area contributed by atoms with E-state index in [-0.39, 0.29) is 0 Å². The van der Waals surface area contributed by atoms with E-state index in [2.05, 4.69) is 35.3 Å². The smallest absolute Gasteiger partial charge is 0.163 e. The van der Waals surface area contributed by atoms with Gasteiger partial charge in [-0.15, -0.1) is 0 Å². The molecule has 0 unspecified atom stereocenters. The number of nitrogens with one attached hydrogen (secondary N) is 1. The number of hydrogen-bond donors (Lipinski definition) is 1. The summed E-state index contributed by atoms with van der Waals surface area (Å²) < 4.78 is 0. The van der Waals surface area contributed by atoms with E-state index < -0.39 is 0 Å². The summed E-state index contributed by atoms with van der Waals surface area (Å²) in [4.78, 5) is 11.9. The van der Waals surface area contributed by atoms with Gasteiger partial charge < -0.3 is 10.2 Å². The van der Waals surface area contributed by atoms with Crippen molar-refractivity contribution in [3.8, 4) is 11.4 Å². The van der Waals surface area contributed by atoms with Crippen LogP contribution in [-0.2, 0) is 0 Å². The van der Waals surface area contributed by atoms with E-state index in [1.54, 1.807) is 0 Å².